The maximum absolute atomic E-state index is 11.7. The minimum absolute atomic E-state index is 0.00450. The average Bonchev–Trinajstić information content (AvgIpc) is 2.82. The molecule has 1 aromatic heterocycles. The third-order valence-corrected chi connectivity index (χ3v) is 3.27. The number of thiazole rings is 1. The van der Waals surface area contributed by atoms with Gasteiger partial charge in [0, 0.05) is 18.1 Å². The van der Waals surface area contributed by atoms with Gasteiger partial charge in [-0.3, -0.25) is 9.69 Å². The highest BCUT2D eigenvalue weighted by molar-refractivity contribution is 7.13. The molecule has 1 unspecified atom stereocenters. The summed E-state index contributed by atoms with van der Waals surface area (Å²) in [6.07, 6.45) is 1.64. The van der Waals surface area contributed by atoms with Crippen molar-refractivity contribution in [3.05, 3.63) is 11.6 Å². The first kappa shape index (κ1) is 12.4. The van der Waals surface area contributed by atoms with Gasteiger partial charge in [-0.2, -0.15) is 0 Å². The summed E-state index contributed by atoms with van der Waals surface area (Å²) < 4.78 is 5.25. The summed E-state index contributed by atoms with van der Waals surface area (Å²) in [4.78, 5) is 17.6. The van der Waals surface area contributed by atoms with Crippen LogP contribution in [-0.4, -0.2) is 59.8 Å². The van der Waals surface area contributed by atoms with Gasteiger partial charge < -0.3 is 15.2 Å². The molecule has 2 rings (SSSR count). The number of aromatic nitrogens is 1. The smallest absolute Gasteiger partial charge is 0.240 e. The van der Waals surface area contributed by atoms with Crippen molar-refractivity contribution in [1.29, 1.82) is 0 Å². The normalized spacial score (nSPS) is 21.4. The van der Waals surface area contributed by atoms with E-state index in [0.717, 1.165) is 0 Å². The van der Waals surface area contributed by atoms with Crippen LogP contribution in [0, 0.1) is 0 Å². The summed E-state index contributed by atoms with van der Waals surface area (Å²) in [6, 6.07) is -0.0919. The molecule has 1 fully saturated rings. The molecule has 0 aliphatic carbocycles. The lowest BCUT2D eigenvalue weighted by atomic mass is 10.2. The van der Waals surface area contributed by atoms with E-state index >= 15 is 0 Å². The van der Waals surface area contributed by atoms with Crippen molar-refractivity contribution in [1.82, 2.24) is 9.88 Å². The van der Waals surface area contributed by atoms with Crippen LogP contribution in [0.1, 0.15) is 0 Å². The molecule has 1 atom stereocenters. The van der Waals surface area contributed by atoms with Gasteiger partial charge in [0.25, 0.3) is 0 Å². The second-order valence-electron chi connectivity index (χ2n) is 3.77. The average molecular weight is 257 g/mol. The number of aliphatic hydroxyl groups excluding tert-OH is 1. The number of ether oxygens (including phenoxy) is 1. The van der Waals surface area contributed by atoms with Crippen LogP contribution >= 0.6 is 11.3 Å². The number of carbonyl (C=O) groups is 1. The van der Waals surface area contributed by atoms with Crippen molar-refractivity contribution in [3.63, 3.8) is 0 Å². The van der Waals surface area contributed by atoms with Crippen molar-refractivity contribution in [3.8, 4) is 0 Å². The molecule has 0 bridgehead atoms. The molecule has 0 spiro atoms. The van der Waals surface area contributed by atoms with E-state index < -0.39 is 0 Å². The molecule has 1 amide bonds. The topological polar surface area (TPSA) is 74.7 Å². The zero-order chi connectivity index (χ0) is 12.1. The number of rotatable bonds is 4. The fraction of sp³-hybridized carbons (Fsp3) is 0.600. The largest absolute Gasteiger partial charge is 0.395 e. The molecule has 2 N–H and O–H groups in total. The SMILES string of the molecule is O=C(CN1CCOCC1CO)Nc1nccs1. The summed E-state index contributed by atoms with van der Waals surface area (Å²) in [5.41, 5.74) is 0. The van der Waals surface area contributed by atoms with Crippen molar-refractivity contribution in [2.45, 2.75) is 6.04 Å². The molecule has 94 valence electrons. The highest BCUT2D eigenvalue weighted by Gasteiger charge is 2.24. The zero-order valence-corrected chi connectivity index (χ0v) is 10.2. The Morgan fingerprint density at radius 3 is 3.35 bits per heavy atom. The van der Waals surface area contributed by atoms with E-state index in [1.165, 1.54) is 11.3 Å². The van der Waals surface area contributed by atoms with E-state index in [9.17, 15) is 4.79 Å². The molecule has 0 aromatic carbocycles. The molecule has 17 heavy (non-hydrogen) atoms. The first-order valence-electron chi connectivity index (χ1n) is 5.41. The van der Waals surface area contributed by atoms with Gasteiger partial charge >= 0.3 is 0 Å². The van der Waals surface area contributed by atoms with Crippen LogP contribution in [0.15, 0.2) is 11.6 Å². The van der Waals surface area contributed by atoms with Gasteiger partial charge in [0.05, 0.1) is 32.4 Å². The van der Waals surface area contributed by atoms with Crippen molar-refractivity contribution < 1.29 is 14.6 Å². The molecular formula is C10H15N3O3S. The summed E-state index contributed by atoms with van der Waals surface area (Å²) in [5.74, 6) is -0.111. The Hall–Kier alpha value is -1.02. The number of amides is 1. The van der Waals surface area contributed by atoms with Gasteiger partial charge in [-0.1, -0.05) is 0 Å². The first-order chi connectivity index (χ1) is 8.29. The molecule has 1 aliphatic heterocycles. The standard InChI is InChI=1S/C10H15N3O3S/c14-6-8-7-16-3-2-13(8)5-9(15)12-10-11-1-4-17-10/h1,4,8,14H,2-3,5-7H2,(H,11,12,15). The van der Waals surface area contributed by atoms with E-state index in [-0.39, 0.29) is 25.1 Å². The quantitative estimate of drug-likeness (QED) is 0.779. The van der Waals surface area contributed by atoms with Crippen LogP contribution in [0.4, 0.5) is 5.13 Å². The third-order valence-electron chi connectivity index (χ3n) is 2.59. The predicted octanol–water partition coefficient (Wildman–Crippen LogP) is -0.225. The number of hydrogen-bond donors (Lipinski definition) is 2. The molecule has 6 nitrogen and oxygen atoms in total. The lowest BCUT2D eigenvalue weighted by Crippen LogP contribution is -2.50. The first-order valence-corrected chi connectivity index (χ1v) is 6.29. The molecule has 0 saturated carbocycles. The fourth-order valence-electron chi connectivity index (χ4n) is 1.69. The highest BCUT2D eigenvalue weighted by atomic mass is 32.1. The van der Waals surface area contributed by atoms with Gasteiger partial charge in [0.1, 0.15) is 0 Å². The number of anilines is 1. The number of hydrogen-bond acceptors (Lipinski definition) is 6. The fourth-order valence-corrected chi connectivity index (χ4v) is 2.24. The van der Waals surface area contributed by atoms with Crippen molar-refractivity contribution in [2.24, 2.45) is 0 Å². The molecule has 7 heteroatoms. The number of nitrogens with one attached hydrogen (secondary N) is 1. The van der Waals surface area contributed by atoms with E-state index in [4.69, 9.17) is 9.84 Å². The highest BCUT2D eigenvalue weighted by Crippen LogP contribution is 2.11. The second-order valence-corrected chi connectivity index (χ2v) is 4.66. The number of carbonyl (C=O) groups excluding carboxylic acids is 1. The summed E-state index contributed by atoms with van der Waals surface area (Å²) in [6.45, 7) is 2.00. The third kappa shape index (κ3) is 3.47. The molecule has 0 radical (unpaired) electrons. The summed E-state index contributed by atoms with van der Waals surface area (Å²) in [7, 11) is 0. The lowest BCUT2D eigenvalue weighted by molar-refractivity contribution is -0.120. The number of nitrogens with zero attached hydrogens (tertiary/aromatic N) is 2. The predicted molar refractivity (Wildman–Crippen MR) is 64.0 cm³/mol. The van der Waals surface area contributed by atoms with Gasteiger partial charge in [-0.05, 0) is 0 Å². The minimum atomic E-state index is -0.111. The van der Waals surface area contributed by atoms with Crippen molar-refractivity contribution >= 4 is 22.4 Å². The number of morpholine rings is 1. The molecule has 2 heterocycles. The van der Waals surface area contributed by atoms with E-state index in [0.29, 0.717) is 24.9 Å². The Labute approximate surface area is 103 Å². The van der Waals surface area contributed by atoms with Crippen LogP contribution in [0.2, 0.25) is 0 Å². The van der Waals surface area contributed by atoms with Crippen LogP contribution in [0.3, 0.4) is 0 Å². The van der Waals surface area contributed by atoms with E-state index in [1.807, 2.05) is 4.90 Å². The van der Waals surface area contributed by atoms with Gasteiger partial charge in [-0.15, -0.1) is 11.3 Å². The Kier molecular flexibility index (Phi) is 4.43. The molecule has 1 saturated heterocycles. The second kappa shape index (κ2) is 6.06. The summed E-state index contributed by atoms with van der Waals surface area (Å²) >= 11 is 1.38. The monoisotopic (exact) mass is 257 g/mol. The van der Waals surface area contributed by atoms with E-state index in [2.05, 4.69) is 10.3 Å². The van der Waals surface area contributed by atoms with E-state index in [1.54, 1.807) is 11.6 Å². The van der Waals surface area contributed by atoms with Gasteiger partial charge in [0.2, 0.25) is 5.91 Å². The van der Waals surface area contributed by atoms with Crippen LogP contribution in [0.5, 0.6) is 0 Å². The van der Waals surface area contributed by atoms with Crippen LogP contribution < -0.4 is 5.32 Å². The van der Waals surface area contributed by atoms with Gasteiger partial charge in [0.15, 0.2) is 5.13 Å². The maximum atomic E-state index is 11.7. The van der Waals surface area contributed by atoms with Crippen LogP contribution in [-0.2, 0) is 9.53 Å². The lowest BCUT2D eigenvalue weighted by Gasteiger charge is -2.33. The molecular weight excluding hydrogens is 242 g/mol. The Bertz CT molecular complexity index is 358. The van der Waals surface area contributed by atoms with Crippen molar-refractivity contribution in [2.75, 3.05) is 38.2 Å². The number of aliphatic hydroxyl groups is 1. The summed E-state index contributed by atoms with van der Waals surface area (Å²) in [5, 5.41) is 14.3. The van der Waals surface area contributed by atoms with Crippen LogP contribution in [0.25, 0.3) is 0 Å². The minimum Gasteiger partial charge on any atom is -0.395 e. The molecule has 1 aliphatic rings. The zero-order valence-electron chi connectivity index (χ0n) is 9.33. The Balaban J connectivity index is 1.84. The Morgan fingerprint density at radius 1 is 1.76 bits per heavy atom. The maximum Gasteiger partial charge on any atom is 0.240 e. The van der Waals surface area contributed by atoms with Gasteiger partial charge in [-0.25, -0.2) is 4.98 Å². The molecule has 1 aromatic rings. The Morgan fingerprint density at radius 2 is 2.65 bits per heavy atom.